The molecule has 1 N–H and O–H groups in total. The summed E-state index contributed by atoms with van der Waals surface area (Å²) in [6, 6.07) is 28.2. The van der Waals surface area contributed by atoms with E-state index < -0.39 is 6.03 Å². The molecule has 0 aliphatic carbocycles. The van der Waals surface area contributed by atoms with Crippen molar-refractivity contribution in [3.63, 3.8) is 0 Å². The number of hydrazine groups is 1. The van der Waals surface area contributed by atoms with Gasteiger partial charge in [0.2, 0.25) is 5.91 Å². The van der Waals surface area contributed by atoms with Gasteiger partial charge in [-0.3, -0.25) is 29.6 Å². The average molecular weight is 593 g/mol. The Hall–Kier alpha value is -4.05. The molecule has 9 heteroatoms. The van der Waals surface area contributed by atoms with Gasteiger partial charge in [-0.2, -0.15) is 0 Å². The molecule has 4 aliphatic rings. The van der Waals surface area contributed by atoms with Crippen molar-refractivity contribution in [2.24, 2.45) is 0 Å². The zero-order valence-electron chi connectivity index (χ0n) is 25.1. The molecule has 0 bridgehead atoms. The highest BCUT2D eigenvalue weighted by atomic mass is 16.2. The summed E-state index contributed by atoms with van der Waals surface area (Å²) in [6.07, 6.45) is 2.53. The second-order valence-corrected chi connectivity index (χ2v) is 12.4. The van der Waals surface area contributed by atoms with E-state index in [9.17, 15) is 14.4 Å². The van der Waals surface area contributed by atoms with Crippen molar-refractivity contribution in [2.75, 3.05) is 45.8 Å². The molecule has 44 heavy (non-hydrogen) atoms. The van der Waals surface area contributed by atoms with Gasteiger partial charge in [0.25, 0.3) is 5.91 Å². The first-order valence-electron chi connectivity index (χ1n) is 15.9. The van der Waals surface area contributed by atoms with Gasteiger partial charge < -0.3 is 0 Å². The Morgan fingerprint density at radius 2 is 1.39 bits per heavy atom. The number of hydrogen-bond acceptors (Lipinski definition) is 6. The molecular weight excluding hydrogens is 552 g/mol. The Morgan fingerprint density at radius 1 is 0.727 bits per heavy atom. The molecular formula is C35H40N6O3. The van der Waals surface area contributed by atoms with E-state index in [2.05, 4.69) is 86.7 Å². The predicted octanol–water partition coefficient (Wildman–Crippen LogP) is 3.87. The molecule has 3 fully saturated rings. The van der Waals surface area contributed by atoms with Gasteiger partial charge in [0.1, 0.15) is 0 Å². The number of nitrogens with one attached hydrogen (secondary N) is 1. The van der Waals surface area contributed by atoms with Gasteiger partial charge in [0.15, 0.2) is 0 Å². The largest absolute Gasteiger partial charge is 0.342 e. The third kappa shape index (κ3) is 5.87. The SMILES string of the molecule is O=C1CCN(N2Cc3cc(CN4CCC(N5CCN(C(c6ccccc6)c6ccccc6)CC5)CC4)ccc3C2=O)C(=O)N1. The molecule has 7 rings (SSSR count). The molecule has 4 aliphatic heterocycles. The van der Waals surface area contributed by atoms with E-state index >= 15 is 0 Å². The van der Waals surface area contributed by atoms with Gasteiger partial charge in [0, 0.05) is 50.7 Å². The minimum atomic E-state index is -0.529. The lowest BCUT2D eigenvalue weighted by molar-refractivity contribution is -0.123. The number of nitrogens with zero attached hydrogens (tertiary/aromatic N) is 5. The van der Waals surface area contributed by atoms with Gasteiger partial charge >= 0.3 is 6.03 Å². The van der Waals surface area contributed by atoms with Crippen LogP contribution in [0.25, 0.3) is 0 Å². The van der Waals surface area contributed by atoms with Gasteiger partial charge in [-0.15, -0.1) is 0 Å². The van der Waals surface area contributed by atoms with E-state index in [1.165, 1.54) is 39.5 Å². The predicted molar refractivity (Wildman–Crippen MR) is 167 cm³/mol. The Labute approximate surface area is 259 Å². The molecule has 3 aromatic rings. The fraction of sp³-hybridized carbons (Fsp3) is 0.400. The fourth-order valence-corrected chi connectivity index (χ4v) is 7.38. The van der Waals surface area contributed by atoms with Crippen molar-refractivity contribution < 1.29 is 14.4 Å². The lowest BCUT2D eigenvalue weighted by Gasteiger charge is -2.45. The van der Waals surface area contributed by atoms with E-state index in [1.807, 2.05) is 12.1 Å². The monoisotopic (exact) mass is 592 g/mol. The van der Waals surface area contributed by atoms with Crippen molar-refractivity contribution >= 4 is 17.8 Å². The highest BCUT2D eigenvalue weighted by molar-refractivity contribution is 6.01. The number of urea groups is 1. The maximum atomic E-state index is 13.0. The van der Waals surface area contributed by atoms with E-state index in [4.69, 9.17) is 0 Å². The lowest BCUT2D eigenvalue weighted by Crippen LogP contribution is -2.56. The van der Waals surface area contributed by atoms with Gasteiger partial charge in [-0.25, -0.2) is 14.8 Å². The summed E-state index contributed by atoms with van der Waals surface area (Å²) in [6.45, 7) is 7.88. The summed E-state index contributed by atoms with van der Waals surface area (Å²) in [4.78, 5) is 44.7. The highest BCUT2D eigenvalue weighted by Crippen LogP contribution is 2.31. The molecule has 228 valence electrons. The highest BCUT2D eigenvalue weighted by Gasteiger charge is 2.37. The summed E-state index contributed by atoms with van der Waals surface area (Å²) >= 11 is 0. The van der Waals surface area contributed by atoms with E-state index in [-0.39, 0.29) is 30.8 Å². The van der Waals surface area contributed by atoms with Crippen LogP contribution in [0, 0.1) is 0 Å². The van der Waals surface area contributed by atoms with Crippen LogP contribution >= 0.6 is 0 Å². The fourth-order valence-electron chi connectivity index (χ4n) is 7.38. The smallest absolute Gasteiger partial charge is 0.299 e. The van der Waals surface area contributed by atoms with Crippen molar-refractivity contribution in [3.8, 4) is 0 Å². The Balaban J connectivity index is 0.919. The molecule has 0 atom stereocenters. The normalized spacial score (nSPS) is 20.8. The number of amides is 4. The summed E-state index contributed by atoms with van der Waals surface area (Å²) in [5, 5.41) is 5.13. The van der Waals surface area contributed by atoms with Crippen LogP contribution < -0.4 is 5.32 Å². The first-order valence-corrected chi connectivity index (χ1v) is 15.9. The first kappa shape index (κ1) is 28.7. The second kappa shape index (κ2) is 12.5. The number of rotatable bonds is 7. The number of imide groups is 1. The van der Waals surface area contributed by atoms with Crippen LogP contribution in [0.3, 0.4) is 0 Å². The van der Waals surface area contributed by atoms with E-state index in [0.717, 1.165) is 51.4 Å². The maximum Gasteiger partial charge on any atom is 0.342 e. The quantitative estimate of drug-likeness (QED) is 0.449. The molecule has 0 aromatic heterocycles. The molecule has 0 unspecified atom stereocenters. The molecule has 0 saturated carbocycles. The number of likely N-dealkylation sites (tertiary alicyclic amines) is 1. The number of hydrogen-bond donors (Lipinski definition) is 1. The van der Waals surface area contributed by atoms with Crippen molar-refractivity contribution in [3.05, 3.63) is 107 Å². The Kier molecular flexibility index (Phi) is 8.16. The van der Waals surface area contributed by atoms with E-state index in [1.54, 1.807) is 0 Å². The topological polar surface area (TPSA) is 79.4 Å². The molecule has 3 saturated heterocycles. The van der Waals surface area contributed by atoms with Gasteiger partial charge in [-0.05, 0) is 54.3 Å². The van der Waals surface area contributed by atoms with Crippen LogP contribution in [-0.4, -0.2) is 94.4 Å². The number of carbonyl (C=O) groups is 3. The number of fused-ring (bicyclic) bond motifs is 1. The zero-order chi connectivity index (χ0) is 30.0. The molecule has 4 amide bonds. The molecule has 4 heterocycles. The number of carbonyl (C=O) groups excluding carboxylic acids is 3. The van der Waals surface area contributed by atoms with Gasteiger partial charge in [-0.1, -0.05) is 72.8 Å². The summed E-state index contributed by atoms with van der Waals surface area (Å²) in [7, 11) is 0. The van der Waals surface area contributed by atoms with Crippen molar-refractivity contribution in [2.45, 2.75) is 44.4 Å². The average Bonchev–Trinajstić information content (AvgIpc) is 3.38. The van der Waals surface area contributed by atoms with Crippen molar-refractivity contribution in [1.29, 1.82) is 0 Å². The number of benzene rings is 3. The lowest BCUT2D eigenvalue weighted by atomic mass is 9.95. The molecule has 0 spiro atoms. The zero-order valence-corrected chi connectivity index (χ0v) is 25.1. The van der Waals surface area contributed by atoms with Gasteiger partial charge in [0.05, 0.1) is 19.1 Å². The summed E-state index contributed by atoms with van der Waals surface area (Å²) in [5.74, 6) is -0.487. The number of piperidine rings is 1. The van der Waals surface area contributed by atoms with Crippen LogP contribution in [0.4, 0.5) is 4.79 Å². The van der Waals surface area contributed by atoms with Crippen LogP contribution in [-0.2, 0) is 17.9 Å². The third-order valence-electron chi connectivity index (χ3n) is 9.70. The molecule has 0 radical (unpaired) electrons. The van der Waals surface area contributed by atoms with Crippen LogP contribution in [0.15, 0.2) is 78.9 Å². The summed E-state index contributed by atoms with van der Waals surface area (Å²) < 4.78 is 0. The number of piperazine rings is 1. The standard InChI is InChI=1S/C35H40N6O3/c42-32-15-18-40(35(44)36-32)41-25-29-23-26(11-12-31(29)34(41)43)24-37-16-13-30(14-17-37)38-19-21-39(22-20-38)33(27-7-3-1-4-8-27)28-9-5-2-6-10-28/h1-12,23,30,33H,13-22,24-25H2,(H,36,42,44). The van der Waals surface area contributed by atoms with Crippen molar-refractivity contribution in [1.82, 2.24) is 30.0 Å². The maximum absolute atomic E-state index is 13.0. The third-order valence-corrected chi connectivity index (χ3v) is 9.70. The second-order valence-electron chi connectivity index (χ2n) is 12.4. The first-order chi connectivity index (χ1) is 21.5. The van der Waals surface area contributed by atoms with Crippen LogP contribution in [0.1, 0.15) is 57.9 Å². The minimum absolute atomic E-state index is 0.184. The molecule has 9 nitrogen and oxygen atoms in total. The Morgan fingerprint density at radius 3 is 2.02 bits per heavy atom. The summed E-state index contributed by atoms with van der Waals surface area (Å²) in [5.41, 5.74) is 5.49. The van der Waals surface area contributed by atoms with Crippen LogP contribution in [0.2, 0.25) is 0 Å². The van der Waals surface area contributed by atoms with Crippen LogP contribution in [0.5, 0.6) is 0 Å². The Bertz CT molecular complexity index is 1460. The minimum Gasteiger partial charge on any atom is -0.299 e. The molecule has 3 aromatic carbocycles. The van der Waals surface area contributed by atoms with E-state index in [0.29, 0.717) is 18.2 Å².